The number of hydrogen-bond acceptors (Lipinski definition) is 5. The molecular weight excluding hydrogens is 386 g/mol. The number of nitrogens with zero attached hydrogens (tertiary/aromatic N) is 1. The number of carbonyl (C=O) groups is 2. The third-order valence-corrected chi connectivity index (χ3v) is 4.31. The topological polar surface area (TPSA) is 110 Å². The second kappa shape index (κ2) is 8.10. The molecule has 0 saturated heterocycles. The quantitative estimate of drug-likeness (QED) is 0.634. The molecule has 1 amide bonds. The van der Waals surface area contributed by atoms with E-state index in [1.165, 1.54) is 19.1 Å². The Labute approximate surface area is 163 Å². The first-order valence-corrected chi connectivity index (χ1v) is 8.71. The number of anilines is 1. The van der Waals surface area contributed by atoms with Crippen LogP contribution in [0.3, 0.4) is 0 Å². The molecule has 0 aliphatic rings. The normalized spacial score (nSPS) is 11.8. The number of hydrogen-bond donors (Lipinski definition) is 2. The highest BCUT2D eigenvalue weighted by Gasteiger charge is 2.20. The van der Waals surface area contributed by atoms with Crippen LogP contribution in [0.2, 0.25) is 5.02 Å². The fraction of sp³-hybridized carbons (Fsp3) is 0.158. The molecule has 3 rings (SSSR count). The van der Waals surface area contributed by atoms with Crippen LogP contribution < -0.4 is 16.4 Å². The van der Waals surface area contributed by atoms with Gasteiger partial charge in [0.2, 0.25) is 0 Å². The maximum absolute atomic E-state index is 12.4. The Morgan fingerprint density at radius 1 is 1.11 bits per heavy atom. The molecule has 1 heterocycles. The van der Waals surface area contributed by atoms with E-state index in [-0.39, 0.29) is 10.8 Å². The summed E-state index contributed by atoms with van der Waals surface area (Å²) in [4.78, 5) is 48.8. The van der Waals surface area contributed by atoms with Gasteiger partial charge in [-0.1, -0.05) is 35.9 Å². The lowest BCUT2D eigenvalue weighted by Gasteiger charge is -2.14. The van der Waals surface area contributed by atoms with Crippen molar-refractivity contribution >= 4 is 39.9 Å². The Bertz CT molecular complexity index is 1170. The minimum absolute atomic E-state index is 0.184. The Morgan fingerprint density at radius 3 is 2.46 bits per heavy atom. The lowest BCUT2D eigenvalue weighted by atomic mass is 10.2. The summed E-state index contributed by atoms with van der Waals surface area (Å²) in [6.07, 6.45) is -1.13. The summed E-state index contributed by atoms with van der Waals surface area (Å²) in [7, 11) is 0. The van der Waals surface area contributed by atoms with E-state index in [0.717, 1.165) is 4.68 Å². The number of nitrogens with one attached hydrogen (secondary N) is 2. The van der Waals surface area contributed by atoms with Crippen LogP contribution >= 0.6 is 11.6 Å². The van der Waals surface area contributed by atoms with Gasteiger partial charge in [-0.3, -0.25) is 24.3 Å². The number of aromatic amines is 1. The van der Waals surface area contributed by atoms with Crippen LogP contribution in [0, 0.1) is 0 Å². The fourth-order valence-electron chi connectivity index (χ4n) is 2.57. The molecule has 0 aliphatic carbocycles. The number of fused-ring (bicyclic) bond motifs is 1. The number of benzene rings is 2. The summed E-state index contributed by atoms with van der Waals surface area (Å²) >= 11 is 5.97. The van der Waals surface area contributed by atoms with Gasteiger partial charge in [-0.25, -0.2) is 4.68 Å². The van der Waals surface area contributed by atoms with Gasteiger partial charge in [0.1, 0.15) is 6.54 Å². The van der Waals surface area contributed by atoms with E-state index in [9.17, 15) is 19.2 Å². The first-order chi connectivity index (χ1) is 13.4. The predicted octanol–water partition coefficient (Wildman–Crippen LogP) is 1.91. The number of rotatable bonds is 5. The van der Waals surface area contributed by atoms with Crippen molar-refractivity contribution in [1.82, 2.24) is 9.78 Å². The summed E-state index contributed by atoms with van der Waals surface area (Å²) < 4.78 is 5.91. The van der Waals surface area contributed by atoms with Crippen molar-refractivity contribution in [3.8, 4) is 0 Å². The zero-order valence-electron chi connectivity index (χ0n) is 14.8. The van der Waals surface area contributed by atoms with Crippen molar-refractivity contribution in [2.24, 2.45) is 0 Å². The number of amides is 1. The number of esters is 1. The predicted molar refractivity (Wildman–Crippen MR) is 104 cm³/mol. The molecule has 1 atom stereocenters. The Kier molecular flexibility index (Phi) is 5.60. The summed E-state index contributed by atoms with van der Waals surface area (Å²) in [6.45, 7) is 0.846. The molecule has 0 fully saturated rings. The standard InChI is InChI=1S/C19H16ClN3O5/c1-11(17(25)21-15-9-5-4-8-14(15)20)28-16(24)10-23-19(27)13-7-3-2-6-12(13)18(26)22-23/h2-9,11H,10H2,1H3,(H,21,25)(H,22,26). The van der Waals surface area contributed by atoms with Crippen molar-refractivity contribution in [2.45, 2.75) is 19.6 Å². The van der Waals surface area contributed by atoms with Crippen LogP contribution in [0.25, 0.3) is 10.8 Å². The number of halogens is 1. The highest BCUT2D eigenvalue weighted by molar-refractivity contribution is 6.33. The third kappa shape index (κ3) is 4.12. The molecule has 2 aromatic carbocycles. The molecule has 144 valence electrons. The minimum atomic E-state index is -1.13. The van der Waals surface area contributed by atoms with Crippen LogP contribution in [0.15, 0.2) is 58.1 Å². The average Bonchev–Trinajstić information content (AvgIpc) is 2.67. The van der Waals surface area contributed by atoms with E-state index in [0.29, 0.717) is 10.7 Å². The monoisotopic (exact) mass is 401 g/mol. The maximum Gasteiger partial charge on any atom is 0.328 e. The van der Waals surface area contributed by atoms with Crippen LogP contribution in [-0.4, -0.2) is 27.8 Å². The van der Waals surface area contributed by atoms with Gasteiger partial charge >= 0.3 is 5.97 Å². The molecule has 8 nitrogen and oxygen atoms in total. The fourth-order valence-corrected chi connectivity index (χ4v) is 2.75. The van der Waals surface area contributed by atoms with Gasteiger partial charge in [0.15, 0.2) is 6.10 Å². The molecule has 1 unspecified atom stereocenters. The molecule has 0 spiro atoms. The molecule has 2 N–H and O–H groups in total. The van der Waals surface area contributed by atoms with Crippen molar-refractivity contribution in [3.63, 3.8) is 0 Å². The van der Waals surface area contributed by atoms with Crippen molar-refractivity contribution in [3.05, 3.63) is 74.3 Å². The molecule has 0 radical (unpaired) electrons. The molecule has 3 aromatic rings. The van der Waals surface area contributed by atoms with E-state index in [2.05, 4.69) is 10.4 Å². The molecule has 0 bridgehead atoms. The maximum atomic E-state index is 12.4. The minimum Gasteiger partial charge on any atom is -0.451 e. The van der Waals surface area contributed by atoms with Gasteiger partial charge in [-0.2, -0.15) is 0 Å². The van der Waals surface area contributed by atoms with Crippen LogP contribution in [0.1, 0.15) is 6.92 Å². The summed E-state index contributed by atoms with van der Waals surface area (Å²) in [5, 5.41) is 5.63. The number of ether oxygens (including phenoxy) is 1. The van der Waals surface area contributed by atoms with Crippen molar-refractivity contribution in [1.29, 1.82) is 0 Å². The third-order valence-electron chi connectivity index (χ3n) is 3.98. The van der Waals surface area contributed by atoms with E-state index in [4.69, 9.17) is 16.3 Å². The smallest absolute Gasteiger partial charge is 0.328 e. The lowest BCUT2D eigenvalue weighted by Crippen LogP contribution is -2.36. The molecule has 28 heavy (non-hydrogen) atoms. The SMILES string of the molecule is CC(OC(=O)Cn1[nH]c(=O)c2ccccc2c1=O)C(=O)Nc1ccccc1Cl. The first kappa shape index (κ1) is 19.4. The number of aromatic nitrogens is 2. The van der Waals surface area contributed by atoms with Crippen LogP contribution in [0.4, 0.5) is 5.69 Å². The Morgan fingerprint density at radius 2 is 1.75 bits per heavy atom. The zero-order valence-corrected chi connectivity index (χ0v) is 15.5. The van der Waals surface area contributed by atoms with E-state index in [1.807, 2.05) is 0 Å². The van der Waals surface area contributed by atoms with Gasteiger partial charge in [-0.05, 0) is 31.2 Å². The number of carbonyl (C=O) groups excluding carboxylic acids is 2. The second-order valence-electron chi connectivity index (χ2n) is 5.98. The summed E-state index contributed by atoms with van der Waals surface area (Å²) in [5.41, 5.74) is -0.667. The average molecular weight is 402 g/mol. The van der Waals surface area contributed by atoms with Gasteiger partial charge in [-0.15, -0.1) is 0 Å². The van der Waals surface area contributed by atoms with Crippen LogP contribution in [0.5, 0.6) is 0 Å². The second-order valence-corrected chi connectivity index (χ2v) is 6.39. The van der Waals surface area contributed by atoms with Crippen molar-refractivity contribution < 1.29 is 14.3 Å². The van der Waals surface area contributed by atoms with Crippen LogP contribution in [-0.2, 0) is 20.9 Å². The highest BCUT2D eigenvalue weighted by Crippen LogP contribution is 2.20. The molecular formula is C19H16ClN3O5. The Balaban J connectivity index is 1.70. The van der Waals surface area contributed by atoms with Gasteiger partial charge in [0.05, 0.1) is 21.5 Å². The highest BCUT2D eigenvalue weighted by atomic mass is 35.5. The Hall–Kier alpha value is -3.39. The number of H-pyrrole nitrogens is 1. The molecule has 0 aliphatic heterocycles. The van der Waals surface area contributed by atoms with Gasteiger partial charge < -0.3 is 10.1 Å². The first-order valence-electron chi connectivity index (χ1n) is 8.33. The van der Waals surface area contributed by atoms with E-state index >= 15 is 0 Å². The van der Waals surface area contributed by atoms with Crippen molar-refractivity contribution in [2.75, 3.05) is 5.32 Å². The molecule has 0 saturated carbocycles. The molecule has 9 heteroatoms. The molecule has 1 aromatic heterocycles. The van der Waals surface area contributed by atoms with E-state index < -0.39 is 35.6 Å². The summed E-state index contributed by atoms with van der Waals surface area (Å²) in [6, 6.07) is 12.9. The lowest BCUT2D eigenvalue weighted by molar-refractivity contribution is -0.154. The van der Waals surface area contributed by atoms with Gasteiger partial charge in [0.25, 0.3) is 17.0 Å². The van der Waals surface area contributed by atoms with E-state index in [1.54, 1.807) is 36.4 Å². The zero-order chi connectivity index (χ0) is 20.3. The summed E-state index contributed by atoms with van der Waals surface area (Å²) in [5.74, 6) is -1.43. The number of para-hydroxylation sites is 1. The largest absolute Gasteiger partial charge is 0.451 e. The van der Waals surface area contributed by atoms with Gasteiger partial charge in [0, 0.05) is 0 Å².